The summed E-state index contributed by atoms with van der Waals surface area (Å²) in [5.74, 6) is 0. The second-order valence-corrected chi connectivity index (χ2v) is 10.6. The Balaban J connectivity index is 0.00000204. The minimum atomic E-state index is -0.316. The third-order valence-corrected chi connectivity index (χ3v) is 8.24. The molecule has 0 radical (unpaired) electrons. The van der Waals surface area contributed by atoms with Crippen LogP contribution < -0.4 is 37.2 Å². The van der Waals surface area contributed by atoms with E-state index in [2.05, 4.69) is 139 Å². The molecule has 3 aromatic rings. The van der Waals surface area contributed by atoms with Crippen molar-refractivity contribution >= 4 is 0 Å². The Morgan fingerprint density at radius 2 is 1.14 bits per heavy atom. The van der Waals surface area contributed by atoms with Crippen molar-refractivity contribution in [3.8, 4) is 0 Å². The molecule has 1 aliphatic rings. The van der Waals surface area contributed by atoms with E-state index in [0.29, 0.717) is 0 Å². The van der Waals surface area contributed by atoms with Gasteiger partial charge in [-0.05, 0) is 0 Å². The van der Waals surface area contributed by atoms with Crippen LogP contribution in [0.15, 0.2) is 96.6 Å². The van der Waals surface area contributed by atoms with E-state index in [-0.39, 0.29) is 46.4 Å². The molecule has 0 saturated carbocycles. The molecule has 3 aromatic carbocycles. The number of halogens is 3. The molecule has 0 heterocycles. The molecule has 35 heavy (non-hydrogen) atoms. The second kappa shape index (κ2) is 13.3. The first-order chi connectivity index (χ1) is 15.4. The van der Waals surface area contributed by atoms with Gasteiger partial charge < -0.3 is 37.2 Å². The molecule has 182 valence electrons. The van der Waals surface area contributed by atoms with Crippen LogP contribution in [0.25, 0.3) is 0 Å². The number of hydrogen-bond acceptors (Lipinski definition) is 0. The summed E-state index contributed by atoms with van der Waals surface area (Å²) in [4.78, 5) is 0. The zero-order valence-electron chi connectivity index (χ0n) is 20.9. The van der Waals surface area contributed by atoms with Crippen LogP contribution in [0.4, 0.5) is 0 Å². The molecule has 1 atom stereocenters. The van der Waals surface area contributed by atoms with Crippen LogP contribution in [0.5, 0.6) is 0 Å². The van der Waals surface area contributed by atoms with Gasteiger partial charge in [0, 0.05) is 0 Å². The SMILES string of the molecule is CCCCC1=CC=C[C]1([Ti+3])C(c1cccc(C)c1)(c1cccc(C)c1)c1cccc(C)c1.[Cl-].[Cl-].[Cl-]. The van der Waals surface area contributed by atoms with Gasteiger partial charge in [0.05, 0.1) is 0 Å². The van der Waals surface area contributed by atoms with E-state index in [1.54, 1.807) is 0 Å². The van der Waals surface area contributed by atoms with Gasteiger partial charge in [0.25, 0.3) is 0 Å². The number of rotatable bonds is 7. The number of hydrogen-bond donors (Lipinski definition) is 0. The molecule has 0 N–H and O–H groups in total. The molecule has 1 aliphatic carbocycles. The molecule has 0 bridgehead atoms. The molecule has 1 unspecified atom stereocenters. The maximum atomic E-state index is 2.46. The maximum absolute atomic E-state index is 2.46. The summed E-state index contributed by atoms with van der Waals surface area (Å²) in [6.07, 6.45) is 10.7. The minimum absolute atomic E-state index is 0. The van der Waals surface area contributed by atoms with Crippen molar-refractivity contribution in [1.82, 2.24) is 0 Å². The summed E-state index contributed by atoms with van der Waals surface area (Å²) in [7, 11) is 0. The Kier molecular flexibility index (Phi) is 12.1. The van der Waals surface area contributed by atoms with Crippen molar-refractivity contribution in [1.29, 1.82) is 0 Å². The average molecular weight is 560 g/mol. The smallest absolute Gasteiger partial charge is 1.00 e. The molecule has 0 aliphatic heterocycles. The molecule has 0 fully saturated rings. The van der Waals surface area contributed by atoms with Crippen molar-refractivity contribution in [2.45, 2.75) is 56.1 Å². The van der Waals surface area contributed by atoms with Gasteiger partial charge in [0.2, 0.25) is 0 Å². The molecular formula is C31H33Cl3Ti. The van der Waals surface area contributed by atoms with E-state index < -0.39 is 0 Å². The zero-order valence-corrected chi connectivity index (χ0v) is 24.7. The van der Waals surface area contributed by atoms with Crippen LogP contribution in [0.1, 0.15) is 59.6 Å². The molecule has 0 amide bonds. The zero-order chi connectivity index (χ0) is 22.8. The van der Waals surface area contributed by atoms with E-state index in [1.807, 2.05) is 0 Å². The Morgan fingerprint density at radius 3 is 1.51 bits per heavy atom. The summed E-state index contributed by atoms with van der Waals surface area (Å²) in [6, 6.07) is 27.5. The Hall–Kier alpha value is -1.28. The number of unbranched alkanes of at least 4 members (excludes halogenated alkanes) is 1. The van der Waals surface area contributed by atoms with E-state index in [4.69, 9.17) is 0 Å². The van der Waals surface area contributed by atoms with Gasteiger partial charge in [-0.15, -0.1) is 0 Å². The first-order valence-corrected chi connectivity index (χ1v) is 12.5. The normalized spacial score (nSPS) is 16.6. The van der Waals surface area contributed by atoms with Crippen molar-refractivity contribution in [2.75, 3.05) is 0 Å². The number of benzene rings is 3. The predicted molar refractivity (Wildman–Crippen MR) is 133 cm³/mol. The van der Waals surface area contributed by atoms with Crippen molar-refractivity contribution < 1.29 is 57.7 Å². The Morgan fingerprint density at radius 1 is 0.714 bits per heavy atom. The van der Waals surface area contributed by atoms with Crippen molar-refractivity contribution in [3.63, 3.8) is 0 Å². The molecule has 4 heteroatoms. The maximum Gasteiger partial charge on any atom is -1.00 e. The van der Waals surface area contributed by atoms with Gasteiger partial charge in [-0.25, -0.2) is 0 Å². The summed E-state index contributed by atoms with van der Waals surface area (Å²) < 4.78 is -0.155. The molecule has 4 rings (SSSR count). The molecule has 0 aromatic heterocycles. The fourth-order valence-corrected chi connectivity index (χ4v) is 6.53. The first kappa shape index (κ1) is 31.8. The summed E-state index contributed by atoms with van der Waals surface area (Å²) in [6.45, 7) is 8.92. The standard InChI is InChI=1S/C31H33.3ClH.Ti/c1-5-6-14-26-15-10-19-30(26)31(27-16-7-11-23(2)20-27,28-17-8-12-24(3)21-28)29-18-9-13-25(4)22-29;;;;/h7-13,15-22H,5-6,14H2,1-4H3;3*1H;/q;;;;+3/p-3. The molecule has 0 spiro atoms. The van der Waals surface area contributed by atoms with Gasteiger partial charge in [-0.2, -0.15) is 0 Å². The van der Waals surface area contributed by atoms with Crippen LogP contribution in [0.3, 0.4) is 0 Å². The second-order valence-electron chi connectivity index (χ2n) is 9.32. The number of allylic oxidation sites excluding steroid dienone is 4. The third kappa shape index (κ3) is 5.84. The topological polar surface area (TPSA) is 0 Å². The monoisotopic (exact) mass is 558 g/mol. The van der Waals surface area contributed by atoms with Crippen molar-refractivity contribution in [3.05, 3.63) is 130 Å². The Labute approximate surface area is 242 Å². The summed E-state index contributed by atoms with van der Waals surface area (Å²) >= 11 is 2.46. The fraction of sp³-hybridized carbons (Fsp3) is 0.290. The summed E-state index contributed by atoms with van der Waals surface area (Å²) in [5.41, 5.74) is 9.22. The van der Waals surface area contributed by atoms with Crippen LogP contribution in [0, 0.1) is 20.8 Å². The fourth-order valence-electron chi connectivity index (χ4n) is 5.38. The van der Waals surface area contributed by atoms with Gasteiger partial charge in [-0.1, -0.05) is 0 Å². The Bertz CT molecular complexity index is 1070. The van der Waals surface area contributed by atoms with Crippen LogP contribution in [-0.4, -0.2) is 0 Å². The quantitative estimate of drug-likeness (QED) is 0.267. The third-order valence-electron chi connectivity index (χ3n) is 6.89. The van der Waals surface area contributed by atoms with E-state index in [0.717, 1.165) is 6.42 Å². The van der Waals surface area contributed by atoms with Gasteiger partial charge >= 0.3 is 207 Å². The van der Waals surface area contributed by atoms with Crippen molar-refractivity contribution in [2.24, 2.45) is 0 Å². The van der Waals surface area contributed by atoms with E-state index in [1.165, 1.54) is 51.8 Å². The average Bonchev–Trinajstić information content (AvgIpc) is 3.14. The summed E-state index contributed by atoms with van der Waals surface area (Å²) in [5, 5.41) is 0. The van der Waals surface area contributed by atoms with Gasteiger partial charge in [0.1, 0.15) is 0 Å². The predicted octanol–water partition coefficient (Wildman–Crippen LogP) is -0.650. The van der Waals surface area contributed by atoms with Gasteiger partial charge in [0.15, 0.2) is 0 Å². The largest absolute Gasteiger partial charge is 1.00 e. The van der Waals surface area contributed by atoms with Crippen LogP contribution in [-0.2, 0) is 25.9 Å². The van der Waals surface area contributed by atoms with E-state index >= 15 is 0 Å². The molecule has 0 saturated heterocycles. The number of aryl methyl sites for hydroxylation is 3. The molecule has 0 nitrogen and oxygen atoms in total. The van der Waals surface area contributed by atoms with E-state index in [9.17, 15) is 0 Å². The molecular weight excluding hydrogens is 527 g/mol. The van der Waals surface area contributed by atoms with Crippen LogP contribution >= 0.6 is 0 Å². The minimum Gasteiger partial charge on any atom is -1.00 e. The van der Waals surface area contributed by atoms with Crippen LogP contribution in [0.2, 0.25) is 3.72 Å². The van der Waals surface area contributed by atoms with Gasteiger partial charge in [-0.3, -0.25) is 0 Å². The first-order valence-electron chi connectivity index (χ1n) is 11.8.